The number of unbranched alkanes of at least 4 members (excludes halogenated alkanes) is 9. The van der Waals surface area contributed by atoms with Gasteiger partial charge in [0.15, 0.2) is 0 Å². The topological polar surface area (TPSA) is 48.4 Å². The van der Waals surface area contributed by atoms with Gasteiger partial charge < -0.3 is 9.47 Å². The molecule has 38 heavy (non-hydrogen) atoms. The molecule has 4 heteroatoms. The quantitative estimate of drug-likeness (QED) is 0.0962. The van der Waals surface area contributed by atoms with Crippen LogP contribution in [0, 0.1) is 0 Å². The lowest BCUT2D eigenvalue weighted by atomic mass is 10.0. The number of carbonyl (C=O) groups excluding carboxylic acids is 1. The Balaban J connectivity index is 1.40. The summed E-state index contributed by atoms with van der Waals surface area (Å²) in [6.45, 7) is 5.83. The Labute approximate surface area is 229 Å². The van der Waals surface area contributed by atoms with Gasteiger partial charge in [0.1, 0.15) is 5.75 Å². The predicted molar refractivity (Wildman–Crippen MR) is 157 cm³/mol. The van der Waals surface area contributed by atoms with Crippen LogP contribution in [0.1, 0.15) is 106 Å². The van der Waals surface area contributed by atoms with Gasteiger partial charge in [0, 0.05) is 18.4 Å². The molecule has 0 saturated heterocycles. The maximum Gasteiger partial charge on any atom is 0.343 e. The van der Waals surface area contributed by atoms with Crippen LogP contribution < -0.4 is 4.74 Å². The normalized spacial score (nSPS) is 11.0. The first kappa shape index (κ1) is 29.6. The summed E-state index contributed by atoms with van der Waals surface area (Å²) in [7, 11) is 0. The Morgan fingerprint density at radius 2 is 1.32 bits per heavy atom. The van der Waals surface area contributed by atoms with E-state index in [2.05, 4.69) is 24.9 Å². The van der Waals surface area contributed by atoms with Crippen molar-refractivity contribution >= 4 is 5.97 Å². The van der Waals surface area contributed by atoms with E-state index in [1.54, 1.807) is 0 Å². The Bertz CT molecular complexity index is 1040. The van der Waals surface area contributed by atoms with Crippen molar-refractivity contribution in [2.24, 2.45) is 0 Å². The standard InChI is InChI=1S/C34H45NO3/c1-3-5-7-8-9-10-11-12-14-28-15-18-31(19-16-28)34(36)38-32-22-20-30(21-23-32)33-24-17-29(26-35-33)27-37-25-13-6-4-2/h15-24,26H,3-14,25,27H2,1-2H3. The van der Waals surface area contributed by atoms with E-state index in [-0.39, 0.29) is 5.97 Å². The van der Waals surface area contributed by atoms with Crippen LogP contribution in [0.4, 0.5) is 0 Å². The number of carbonyl (C=O) groups is 1. The third-order valence-electron chi connectivity index (χ3n) is 6.85. The molecule has 204 valence electrons. The Kier molecular flexibility index (Phi) is 13.6. The molecule has 3 rings (SSSR count). The van der Waals surface area contributed by atoms with Crippen molar-refractivity contribution in [2.45, 2.75) is 97.5 Å². The summed E-state index contributed by atoms with van der Waals surface area (Å²) in [5.74, 6) is 0.191. The summed E-state index contributed by atoms with van der Waals surface area (Å²) in [6, 6.07) is 19.4. The van der Waals surface area contributed by atoms with E-state index in [1.165, 1.54) is 69.8 Å². The zero-order valence-electron chi connectivity index (χ0n) is 23.4. The van der Waals surface area contributed by atoms with Gasteiger partial charge in [-0.05, 0) is 72.9 Å². The highest BCUT2D eigenvalue weighted by Crippen LogP contribution is 2.22. The number of nitrogens with zero attached hydrogens (tertiary/aromatic N) is 1. The van der Waals surface area contributed by atoms with Gasteiger partial charge in [-0.1, -0.05) is 89.8 Å². The molecule has 0 aliphatic rings. The number of esters is 1. The summed E-state index contributed by atoms with van der Waals surface area (Å²) in [5.41, 5.74) is 4.77. The summed E-state index contributed by atoms with van der Waals surface area (Å²) < 4.78 is 11.3. The number of rotatable bonds is 18. The molecule has 2 aromatic carbocycles. The smallest absolute Gasteiger partial charge is 0.343 e. The molecule has 0 amide bonds. The summed E-state index contributed by atoms with van der Waals surface area (Å²) in [4.78, 5) is 17.2. The average molecular weight is 516 g/mol. The maximum absolute atomic E-state index is 12.6. The second-order valence-corrected chi connectivity index (χ2v) is 10.1. The van der Waals surface area contributed by atoms with E-state index < -0.39 is 0 Å². The van der Waals surface area contributed by atoms with Crippen LogP contribution in [0.3, 0.4) is 0 Å². The minimum atomic E-state index is -0.335. The van der Waals surface area contributed by atoms with Crippen LogP contribution in [0.25, 0.3) is 11.3 Å². The van der Waals surface area contributed by atoms with Gasteiger partial charge in [0.25, 0.3) is 0 Å². The molecule has 3 aromatic rings. The fourth-order valence-electron chi connectivity index (χ4n) is 4.45. The molecule has 0 fully saturated rings. The molecule has 1 heterocycles. The van der Waals surface area contributed by atoms with Crippen LogP contribution in [0.15, 0.2) is 66.9 Å². The van der Waals surface area contributed by atoms with Crippen molar-refractivity contribution in [1.82, 2.24) is 4.98 Å². The van der Waals surface area contributed by atoms with Gasteiger partial charge in [-0.3, -0.25) is 4.98 Å². The van der Waals surface area contributed by atoms with E-state index in [0.29, 0.717) is 17.9 Å². The molecule has 0 aliphatic heterocycles. The molecule has 0 atom stereocenters. The van der Waals surface area contributed by atoms with Gasteiger partial charge >= 0.3 is 5.97 Å². The van der Waals surface area contributed by atoms with Crippen LogP contribution >= 0.6 is 0 Å². The first-order valence-electron chi connectivity index (χ1n) is 14.6. The molecular formula is C34H45NO3. The zero-order chi connectivity index (χ0) is 26.8. The molecule has 0 spiro atoms. The number of benzene rings is 2. The number of aryl methyl sites for hydroxylation is 1. The highest BCUT2D eigenvalue weighted by molar-refractivity contribution is 5.91. The SMILES string of the molecule is CCCCCCCCCCc1ccc(C(=O)Oc2ccc(-c3ccc(COCCCCC)cn3)cc2)cc1. The van der Waals surface area contributed by atoms with Crippen LogP contribution in [-0.4, -0.2) is 17.6 Å². The van der Waals surface area contributed by atoms with Gasteiger partial charge in [0.2, 0.25) is 0 Å². The van der Waals surface area contributed by atoms with Crippen LogP contribution in [0.2, 0.25) is 0 Å². The fraction of sp³-hybridized carbons (Fsp3) is 0.471. The summed E-state index contributed by atoms with van der Waals surface area (Å²) in [6.07, 6.45) is 17.0. The van der Waals surface area contributed by atoms with Gasteiger partial charge in [-0.2, -0.15) is 0 Å². The lowest BCUT2D eigenvalue weighted by Crippen LogP contribution is -2.08. The van der Waals surface area contributed by atoms with E-state index >= 15 is 0 Å². The van der Waals surface area contributed by atoms with Gasteiger partial charge in [-0.15, -0.1) is 0 Å². The maximum atomic E-state index is 12.6. The molecule has 0 radical (unpaired) electrons. The summed E-state index contributed by atoms with van der Waals surface area (Å²) in [5, 5.41) is 0. The monoisotopic (exact) mass is 515 g/mol. The Morgan fingerprint density at radius 1 is 0.684 bits per heavy atom. The van der Waals surface area contributed by atoms with Crippen molar-refractivity contribution in [3.05, 3.63) is 83.6 Å². The Hall–Kier alpha value is -2.98. The first-order valence-corrected chi connectivity index (χ1v) is 14.6. The van der Waals surface area contributed by atoms with Crippen molar-refractivity contribution in [3.8, 4) is 17.0 Å². The zero-order valence-corrected chi connectivity index (χ0v) is 23.4. The number of hydrogen-bond donors (Lipinski definition) is 0. The van der Waals surface area contributed by atoms with Crippen molar-refractivity contribution in [2.75, 3.05) is 6.61 Å². The second kappa shape index (κ2) is 17.5. The largest absolute Gasteiger partial charge is 0.423 e. The lowest BCUT2D eigenvalue weighted by Gasteiger charge is -2.08. The van der Waals surface area contributed by atoms with Crippen molar-refractivity contribution < 1.29 is 14.3 Å². The minimum Gasteiger partial charge on any atom is -0.423 e. The minimum absolute atomic E-state index is 0.335. The second-order valence-electron chi connectivity index (χ2n) is 10.1. The number of pyridine rings is 1. The van der Waals surface area contributed by atoms with E-state index in [9.17, 15) is 4.79 Å². The highest BCUT2D eigenvalue weighted by atomic mass is 16.5. The molecule has 0 unspecified atom stereocenters. The predicted octanol–water partition coefficient (Wildman–Crippen LogP) is 9.36. The average Bonchev–Trinajstić information content (AvgIpc) is 2.95. The van der Waals surface area contributed by atoms with Crippen LogP contribution in [-0.2, 0) is 17.8 Å². The summed E-state index contributed by atoms with van der Waals surface area (Å²) >= 11 is 0. The number of aromatic nitrogens is 1. The van der Waals surface area contributed by atoms with E-state index in [0.717, 1.165) is 36.3 Å². The lowest BCUT2D eigenvalue weighted by molar-refractivity contribution is 0.0734. The van der Waals surface area contributed by atoms with Crippen molar-refractivity contribution in [1.29, 1.82) is 0 Å². The molecule has 0 saturated carbocycles. The highest BCUT2D eigenvalue weighted by Gasteiger charge is 2.09. The molecular weight excluding hydrogens is 470 g/mol. The first-order chi connectivity index (χ1) is 18.7. The molecule has 0 N–H and O–H groups in total. The fourth-order valence-corrected chi connectivity index (χ4v) is 4.45. The number of ether oxygens (including phenoxy) is 2. The van der Waals surface area contributed by atoms with Crippen LogP contribution in [0.5, 0.6) is 5.75 Å². The molecule has 4 nitrogen and oxygen atoms in total. The molecule has 0 aliphatic carbocycles. The Morgan fingerprint density at radius 3 is 1.97 bits per heavy atom. The molecule has 1 aromatic heterocycles. The third kappa shape index (κ3) is 10.8. The third-order valence-corrected chi connectivity index (χ3v) is 6.85. The van der Waals surface area contributed by atoms with Gasteiger partial charge in [0.05, 0.1) is 17.9 Å². The molecule has 0 bridgehead atoms. The number of hydrogen-bond acceptors (Lipinski definition) is 4. The van der Waals surface area contributed by atoms with E-state index in [1.807, 2.05) is 60.8 Å². The van der Waals surface area contributed by atoms with Gasteiger partial charge in [-0.25, -0.2) is 4.79 Å². The van der Waals surface area contributed by atoms with Crippen molar-refractivity contribution in [3.63, 3.8) is 0 Å². The van der Waals surface area contributed by atoms with E-state index in [4.69, 9.17) is 9.47 Å².